The number of nitrogens with one attached hydrogen (secondary N) is 3. The summed E-state index contributed by atoms with van der Waals surface area (Å²) >= 11 is 1.50. The van der Waals surface area contributed by atoms with E-state index >= 15 is 0 Å². The van der Waals surface area contributed by atoms with Crippen molar-refractivity contribution >= 4 is 29.6 Å². The van der Waals surface area contributed by atoms with Crippen molar-refractivity contribution < 1.29 is 19.5 Å². The van der Waals surface area contributed by atoms with Gasteiger partial charge in [-0.1, -0.05) is 80.8 Å². The molecule has 0 radical (unpaired) electrons. The second-order valence-electron chi connectivity index (χ2n) is 10.9. The molecule has 2 aromatic carbocycles. The summed E-state index contributed by atoms with van der Waals surface area (Å²) in [5, 5.41) is 20.0. The zero-order valence-corrected chi connectivity index (χ0v) is 24.9. The van der Waals surface area contributed by atoms with Gasteiger partial charge in [0.2, 0.25) is 5.91 Å². The number of carbonyl (C=O) groups excluding carboxylic acids is 3. The molecule has 4 N–H and O–H groups in total. The summed E-state index contributed by atoms with van der Waals surface area (Å²) < 4.78 is -0.552. The first kappa shape index (κ1) is 31.5. The van der Waals surface area contributed by atoms with Crippen molar-refractivity contribution in [3.05, 3.63) is 71.3 Å². The molecule has 0 spiro atoms. The Balaban J connectivity index is 1.72. The van der Waals surface area contributed by atoms with Gasteiger partial charge in [0.1, 0.15) is 6.04 Å². The summed E-state index contributed by atoms with van der Waals surface area (Å²) in [6.45, 7) is 8.86. The predicted molar refractivity (Wildman–Crippen MR) is 161 cm³/mol. The maximum atomic E-state index is 13.7. The normalized spacial score (nSPS) is 17.6. The minimum absolute atomic E-state index is 0.267. The van der Waals surface area contributed by atoms with Crippen LogP contribution in [0.5, 0.6) is 0 Å². The summed E-state index contributed by atoms with van der Waals surface area (Å²) in [5.74, 6) is -0.568. The van der Waals surface area contributed by atoms with E-state index in [0.717, 1.165) is 42.4 Å². The number of hydrogen-bond donors (Lipinski definition) is 4. The summed E-state index contributed by atoms with van der Waals surface area (Å²) in [6.07, 6.45) is 2.86. The van der Waals surface area contributed by atoms with Gasteiger partial charge in [0.25, 0.3) is 5.91 Å². The first-order valence-corrected chi connectivity index (χ1v) is 15.2. The van der Waals surface area contributed by atoms with Crippen LogP contribution in [0.2, 0.25) is 0 Å². The molecule has 1 heterocycles. The van der Waals surface area contributed by atoms with Crippen LogP contribution in [0.25, 0.3) is 0 Å². The first-order chi connectivity index (χ1) is 19.1. The van der Waals surface area contributed by atoms with Gasteiger partial charge in [-0.3, -0.25) is 9.59 Å². The fraction of sp³-hybridized carbons (Fsp3) is 0.516. The highest BCUT2D eigenvalue weighted by Gasteiger charge is 2.49. The Morgan fingerprint density at radius 3 is 2.42 bits per heavy atom. The molecule has 1 fully saturated rings. The number of nitrogens with zero attached hydrogens (tertiary/aromatic N) is 1. The van der Waals surface area contributed by atoms with Crippen LogP contribution >= 0.6 is 11.8 Å². The first-order valence-electron chi connectivity index (χ1n) is 14.2. The van der Waals surface area contributed by atoms with E-state index in [9.17, 15) is 19.5 Å². The molecule has 4 amide bonds. The Labute approximate surface area is 242 Å². The predicted octanol–water partition coefficient (Wildman–Crippen LogP) is 4.14. The van der Waals surface area contributed by atoms with Crippen molar-refractivity contribution in [2.45, 2.75) is 89.3 Å². The topological polar surface area (TPSA) is 111 Å². The van der Waals surface area contributed by atoms with Crippen LogP contribution in [0.3, 0.4) is 0 Å². The van der Waals surface area contributed by atoms with Crippen LogP contribution in [0.15, 0.2) is 54.6 Å². The van der Waals surface area contributed by atoms with Gasteiger partial charge >= 0.3 is 6.03 Å². The lowest BCUT2D eigenvalue weighted by molar-refractivity contribution is -0.147. The molecule has 3 rings (SSSR count). The fourth-order valence-corrected chi connectivity index (χ4v) is 6.07. The van der Waals surface area contributed by atoms with E-state index in [1.54, 1.807) is 0 Å². The Kier molecular flexibility index (Phi) is 11.9. The van der Waals surface area contributed by atoms with Gasteiger partial charge < -0.3 is 26.0 Å². The Bertz CT molecular complexity index is 1130. The highest BCUT2D eigenvalue weighted by molar-refractivity contribution is 8.00. The highest BCUT2D eigenvalue weighted by atomic mass is 32.2. The molecule has 2 aromatic rings. The lowest BCUT2D eigenvalue weighted by Crippen LogP contribution is -2.59. The molecule has 1 aliphatic rings. The number of aliphatic hydroxyl groups is 1. The smallest absolute Gasteiger partial charge is 0.315 e. The number of aryl methyl sites for hydroxylation is 1. The quantitative estimate of drug-likeness (QED) is 0.272. The molecular weight excluding hydrogens is 524 g/mol. The fourth-order valence-electron chi connectivity index (χ4n) is 4.92. The number of unbranched alkanes of at least 4 members (excludes halogenated alkanes) is 3. The molecule has 9 heteroatoms. The summed E-state index contributed by atoms with van der Waals surface area (Å²) in [6, 6.07) is 15.2. The van der Waals surface area contributed by atoms with E-state index in [2.05, 4.69) is 22.9 Å². The van der Waals surface area contributed by atoms with E-state index < -0.39 is 34.9 Å². The number of thioether (sulfide) groups is 1. The molecule has 1 aliphatic heterocycles. The largest absolute Gasteiger partial charge is 0.381 e. The van der Waals surface area contributed by atoms with Crippen molar-refractivity contribution in [1.82, 2.24) is 20.9 Å². The molecule has 3 unspecified atom stereocenters. The lowest BCUT2D eigenvalue weighted by atomic mass is 9.97. The molecule has 0 aliphatic carbocycles. The monoisotopic (exact) mass is 568 g/mol. The highest BCUT2D eigenvalue weighted by Crippen LogP contribution is 2.40. The second kappa shape index (κ2) is 15.1. The number of aliphatic hydroxyl groups excluding tert-OH is 1. The van der Waals surface area contributed by atoms with Crippen LogP contribution in [0.1, 0.15) is 63.1 Å². The molecule has 218 valence electrons. The summed E-state index contributed by atoms with van der Waals surface area (Å²) in [5.41, 5.74) is 2.96. The maximum absolute atomic E-state index is 13.7. The molecule has 40 heavy (non-hydrogen) atoms. The van der Waals surface area contributed by atoms with Gasteiger partial charge in [0.05, 0.1) is 11.9 Å². The molecule has 0 saturated carbocycles. The number of urea groups is 1. The van der Waals surface area contributed by atoms with Gasteiger partial charge in [0.15, 0.2) is 6.10 Å². The standard InChI is InChI=1S/C31H44N4O4S/c1-5-6-7-13-18-32-30(39)34-25(19-23-15-9-8-10-16-23)26(36)29(38)35-21-40-31(3,4)27(35)28(37)33-20-24-17-12-11-14-22(24)2/h8-12,14-17,25-27,36H,5-7,13,18-21H2,1-4H3,(H,33,37)(H2,32,34,39). The summed E-state index contributed by atoms with van der Waals surface area (Å²) in [4.78, 5) is 41.3. The Morgan fingerprint density at radius 1 is 1.02 bits per heavy atom. The molecule has 0 aromatic heterocycles. The minimum Gasteiger partial charge on any atom is -0.381 e. The third-order valence-corrected chi connectivity index (χ3v) is 8.73. The second-order valence-corrected chi connectivity index (χ2v) is 12.5. The lowest BCUT2D eigenvalue weighted by Gasteiger charge is -2.33. The zero-order valence-electron chi connectivity index (χ0n) is 24.1. The van der Waals surface area contributed by atoms with Crippen LogP contribution in [0, 0.1) is 6.92 Å². The van der Waals surface area contributed by atoms with E-state index in [1.807, 2.05) is 75.4 Å². The Morgan fingerprint density at radius 2 is 1.73 bits per heavy atom. The van der Waals surface area contributed by atoms with E-state index in [4.69, 9.17) is 0 Å². The summed E-state index contributed by atoms with van der Waals surface area (Å²) in [7, 11) is 0. The van der Waals surface area contributed by atoms with Crippen LogP contribution in [-0.4, -0.2) is 63.2 Å². The number of rotatable bonds is 13. The third-order valence-electron chi connectivity index (χ3n) is 7.36. The van der Waals surface area contributed by atoms with Gasteiger partial charge in [-0.05, 0) is 50.3 Å². The number of hydrogen-bond acceptors (Lipinski definition) is 5. The number of amides is 4. The average Bonchev–Trinajstić information content (AvgIpc) is 3.26. The Hall–Kier alpha value is -3.04. The van der Waals surface area contributed by atoms with Gasteiger partial charge in [-0.25, -0.2) is 4.79 Å². The maximum Gasteiger partial charge on any atom is 0.315 e. The van der Waals surface area contributed by atoms with Crippen molar-refractivity contribution in [2.75, 3.05) is 12.4 Å². The number of benzene rings is 2. The third kappa shape index (κ3) is 8.73. The minimum atomic E-state index is -1.52. The van der Waals surface area contributed by atoms with E-state index in [-0.39, 0.29) is 18.2 Å². The average molecular weight is 569 g/mol. The van der Waals surface area contributed by atoms with Crippen LogP contribution < -0.4 is 16.0 Å². The van der Waals surface area contributed by atoms with Gasteiger partial charge in [-0.2, -0.15) is 0 Å². The van der Waals surface area contributed by atoms with Crippen molar-refractivity contribution in [2.24, 2.45) is 0 Å². The van der Waals surface area contributed by atoms with Gasteiger partial charge in [0, 0.05) is 17.8 Å². The van der Waals surface area contributed by atoms with Crippen molar-refractivity contribution in [3.8, 4) is 0 Å². The zero-order chi connectivity index (χ0) is 29.1. The van der Waals surface area contributed by atoms with Crippen molar-refractivity contribution in [1.29, 1.82) is 0 Å². The molecular formula is C31H44N4O4S. The molecule has 8 nitrogen and oxygen atoms in total. The van der Waals surface area contributed by atoms with Crippen molar-refractivity contribution in [3.63, 3.8) is 0 Å². The van der Waals surface area contributed by atoms with Crippen LogP contribution in [-0.2, 0) is 22.6 Å². The van der Waals surface area contributed by atoms with E-state index in [0.29, 0.717) is 13.1 Å². The molecule has 3 atom stereocenters. The molecule has 1 saturated heterocycles. The number of carbonyl (C=O) groups is 3. The molecule has 0 bridgehead atoms. The van der Waals surface area contributed by atoms with Crippen LogP contribution in [0.4, 0.5) is 4.79 Å². The SMILES string of the molecule is CCCCCCNC(=O)NC(Cc1ccccc1)C(O)C(=O)N1CSC(C)(C)C1C(=O)NCc1ccccc1C. The van der Waals surface area contributed by atoms with E-state index in [1.165, 1.54) is 16.7 Å². The van der Waals surface area contributed by atoms with Gasteiger partial charge in [-0.15, -0.1) is 11.8 Å².